The maximum atomic E-state index is 14.0. The number of aromatic nitrogens is 2. The molecule has 1 aromatic heterocycles. The summed E-state index contributed by atoms with van der Waals surface area (Å²) < 4.78 is 29.5. The lowest BCUT2D eigenvalue weighted by Gasteiger charge is -2.16. The highest BCUT2D eigenvalue weighted by molar-refractivity contribution is 5.32. The van der Waals surface area contributed by atoms with E-state index in [1.807, 2.05) is 6.92 Å². The molecule has 96 valence electrons. The molecule has 0 saturated heterocycles. The minimum absolute atomic E-state index is 0.129. The predicted octanol–water partition coefficient (Wildman–Crippen LogP) is 2.54. The van der Waals surface area contributed by atoms with Crippen LogP contribution in [0.1, 0.15) is 29.9 Å². The Bertz CT molecular complexity index is 563. The standard InChI is InChI=1S/C13H15F2N3/c1-3-18-7-6-17-13(18)12(16)10-9(14)5-4-8(2)11(10)15/h4-7,12H,3,16H2,1-2H3. The van der Waals surface area contributed by atoms with E-state index in [4.69, 9.17) is 5.73 Å². The second kappa shape index (κ2) is 4.86. The summed E-state index contributed by atoms with van der Waals surface area (Å²) in [6.45, 7) is 4.15. The van der Waals surface area contributed by atoms with Crippen molar-refractivity contribution in [3.05, 3.63) is 53.1 Å². The van der Waals surface area contributed by atoms with E-state index < -0.39 is 17.7 Å². The largest absolute Gasteiger partial charge is 0.334 e. The van der Waals surface area contributed by atoms with Crippen molar-refractivity contribution in [1.29, 1.82) is 0 Å². The molecule has 1 atom stereocenters. The van der Waals surface area contributed by atoms with Crippen molar-refractivity contribution in [3.63, 3.8) is 0 Å². The fourth-order valence-electron chi connectivity index (χ4n) is 1.96. The average molecular weight is 251 g/mol. The normalized spacial score (nSPS) is 12.7. The van der Waals surface area contributed by atoms with Gasteiger partial charge in [0.05, 0.1) is 6.04 Å². The molecule has 0 aliphatic rings. The molecule has 0 amide bonds. The number of imidazole rings is 1. The van der Waals surface area contributed by atoms with Gasteiger partial charge in [-0.1, -0.05) is 6.07 Å². The zero-order valence-electron chi connectivity index (χ0n) is 10.3. The molecule has 1 heterocycles. The molecule has 0 aliphatic heterocycles. The second-order valence-corrected chi connectivity index (χ2v) is 4.14. The van der Waals surface area contributed by atoms with Crippen LogP contribution in [0.25, 0.3) is 0 Å². The van der Waals surface area contributed by atoms with Gasteiger partial charge < -0.3 is 10.3 Å². The molecule has 1 aromatic carbocycles. The van der Waals surface area contributed by atoms with Gasteiger partial charge in [0.1, 0.15) is 17.5 Å². The molecule has 0 radical (unpaired) electrons. The van der Waals surface area contributed by atoms with E-state index in [1.165, 1.54) is 12.1 Å². The van der Waals surface area contributed by atoms with E-state index in [2.05, 4.69) is 4.98 Å². The number of aryl methyl sites for hydroxylation is 2. The lowest BCUT2D eigenvalue weighted by molar-refractivity contribution is 0.525. The van der Waals surface area contributed by atoms with Gasteiger partial charge in [-0.05, 0) is 25.5 Å². The summed E-state index contributed by atoms with van der Waals surface area (Å²) >= 11 is 0. The van der Waals surface area contributed by atoms with Gasteiger partial charge in [-0.15, -0.1) is 0 Å². The summed E-state index contributed by atoms with van der Waals surface area (Å²) in [5.74, 6) is -0.787. The van der Waals surface area contributed by atoms with E-state index in [9.17, 15) is 8.78 Å². The van der Waals surface area contributed by atoms with Crippen LogP contribution in [0, 0.1) is 18.6 Å². The highest BCUT2D eigenvalue weighted by Gasteiger charge is 2.22. The number of nitrogens with two attached hydrogens (primary N) is 1. The minimum atomic E-state index is -0.903. The summed E-state index contributed by atoms with van der Waals surface area (Å²) in [6, 6.07) is 1.72. The molecule has 2 aromatic rings. The molecular formula is C13H15F2N3. The molecule has 1 unspecified atom stereocenters. The third-order valence-corrected chi connectivity index (χ3v) is 3.00. The Kier molecular flexibility index (Phi) is 3.43. The van der Waals surface area contributed by atoms with E-state index in [0.717, 1.165) is 0 Å². The second-order valence-electron chi connectivity index (χ2n) is 4.14. The monoisotopic (exact) mass is 251 g/mol. The summed E-state index contributed by atoms with van der Waals surface area (Å²) in [7, 11) is 0. The Morgan fingerprint density at radius 2 is 2.11 bits per heavy atom. The van der Waals surface area contributed by atoms with Crippen molar-refractivity contribution in [1.82, 2.24) is 9.55 Å². The Morgan fingerprint density at radius 3 is 2.78 bits per heavy atom. The molecule has 0 fully saturated rings. The molecule has 0 bridgehead atoms. The maximum absolute atomic E-state index is 14.0. The summed E-state index contributed by atoms with van der Waals surface area (Å²) in [5, 5.41) is 0. The van der Waals surface area contributed by atoms with Crippen LogP contribution in [0.5, 0.6) is 0 Å². The van der Waals surface area contributed by atoms with Gasteiger partial charge in [-0.3, -0.25) is 0 Å². The van der Waals surface area contributed by atoms with Crippen LogP contribution in [-0.4, -0.2) is 9.55 Å². The van der Waals surface area contributed by atoms with Gasteiger partial charge in [0.2, 0.25) is 0 Å². The lowest BCUT2D eigenvalue weighted by Crippen LogP contribution is -2.20. The SMILES string of the molecule is CCn1ccnc1C(N)c1c(F)ccc(C)c1F. The molecule has 18 heavy (non-hydrogen) atoms. The highest BCUT2D eigenvalue weighted by Crippen LogP contribution is 2.25. The van der Waals surface area contributed by atoms with Crippen molar-refractivity contribution >= 4 is 0 Å². The van der Waals surface area contributed by atoms with Gasteiger partial charge in [-0.2, -0.15) is 0 Å². The number of hydrogen-bond acceptors (Lipinski definition) is 2. The summed E-state index contributed by atoms with van der Waals surface area (Å²) in [6.07, 6.45) is 3.31. The Morgan fingerprint density at radius 1 is 1.39 bits per heavy atom. The number of halogens is 2. The summed E-state index contributed by atoms with van der Waals surface area (Å²) in [4.78, 5) is 4.08. The van der Waals surface area contributed by atoms with Crippen molar-refractivity contribution in [2.45, 2.75) is 26.4 Å². The van der Waals surface area contributed by atoms with Crippen molar-refractivity contribution in [2.24, 2.45) is 5.73 Å². The Balaban J connectivity index is 2.52. The van der Waals surface area contributed by atoms with Crippen LogP contribution in [0.3, 0.4) is 0 Å². The van der Waals surface area contributed by atoms with Crippen LogP contribution < -0.4 is 5.73 Å². The molecule has 0 spiro atoms. The van der Waals surface area contributed by atoms with Crippen molar-refractivity contribution in [2.75, 3.05) is 0 Å². The topological polar surface area (TPSA) is 43.8 Å². The zero-order chi connectivity index (χ0) is 13.3. The number of benzene rings is 1. The third-order valence-electron chi connectivity index (χ3n) is 3.00. The first-order valence-corrected chi connectivity index (χ1v) is 5.77. The van der Waals surface area contributed by atoms with Crippen molar-refractivity contribution in [3.8, 4) is 0 Å². The fraction of sp³-hybridized carbons (Fsp3) is 0.308. The number of rotatable bonds is 3. The number of hydrogen-bond donors (Lipinski definition) is 1. The molecule has 5 heteroatoms. The lowest BCUT2D eigenvalue weighted by atomic mass is 10.0. The molecular weight excluding hydrogens is 236 g/mol. The van der Waals surface area contributed by atoms with Crippen LogP contribution in [-0.2, 0) is 6.54 Å². The average Bonchev–Trinajstić information content (AvgIpc) is 2.82. The van der Waals surface area contributed by atoms with Gasteiger partial charge in [0.25, 0.3) is 0 Å². The molecule has 2 rings (SSSR count). The van der Waals surface area contributed by atoms with E-state index >= 15 is 0 Å². The van der Waals surface area contributed by atoms with Crippen LogP contribution >= 0.6 is 0 Å². The quantitative estimate of drug-likeness (QED) is 0.911. The Hall–Kier alpha value is -1.75. The molecule has 0 aliphatic carbocycles. The van der Waals surface area contributed by atoms with Crippen LogP contribution in [0.4, 0.5) is 8.78 Å². The molecule has 3 nitrogen and oxygen atoms in total. The van der Waals surface area contributed by atoms with Gasteiger partial charge in [-0.25, -0.2) is 13.8 Å². The van der Waals surface area contributed by atoms with E-state index in [-0.39, 0.29) is 5.56 Å². The first-order valence-electron chi connectivity index (χ1n) is 5.77. The van der Waals surface area contributed by atoms with Crippen LogP contribution in [0.2, 0.25) is 0 Å². The van der Waals surface area contributed by atoms with E-state index in [1.54, 1.807) is 23.9 Å². The smallest absolute Gasteiger partial charge is 0.134 e. The first kappa shape index (κ1) is 12.7. The maximum Gasteiger partial charge on any atom is 0.134 e. The van der Waals surface area contributed by atoms with Crippen molar-refractivity contribution < 1.29 is 8.78 Å². The highest BCUT2D eigenvalue weighted by atomic mass is 19.1. The summed E-state index contributed by atoms with van der Waals surface area (Å²) in [5.41, 5.74) is 6.19. The minimum Gasteiger partial charge on any atom is -0.334 e. The molecule has 0 saturated carbocycles. The first-order chi connectivity index (χ1) is 8.56. The third kappa shape index (κ3) is 2.01. The Labute approximate surface area is 104 Å². The van der Waals surface area contributed by atoms with Crippen LogP contribution in [0.15, 0.2) is 24.5 Å². The fourth-order valence-corrected chi connectivity index (χ4v) is 1.96. The molecule has 2 N–H and O–H groups in total. The zero-order valence-corrected chi connectivity index (χ0v) is 10.3. The van der Waals surface area contributed by atoms with Gasteiger partial charge >= 0.3 is 0 Å². The predicted molar refractivity (Wildman–Crippen MR) is 65.0 cm³/mol. The van der Waals surface area contributed by atoms with Gasteiger partial charge in [0, 0.05) is 24.5 Å². The van der Waals surface area contributed by atoms with E-state index in [0.29, 0.717) is 17.9 Å². The van der Waals surface area contributed by atoms with Gasteiger partial charge in [0.15, 0.2) is 0 Å². The number of nitrogens with zero attached hydrogens (tertiary/aromatic N) is 2.